The van der Waals surface area contributed by atoms with Crippen molar-refractivity contribution in [3.8, 4) is 39.3 Å². The molecule has 0 fully saturated rings. The fraction of sp³-hybridized carbons (Fsp3) is 0.0345. The maximum atomic E-state index is 15.9. The number of hydrogen-bond donors (Lipinski definition) is 3. The zero-order valence-electron chi connectivity index (χ0n) is 21.9. The minimum Gasteiger partial charge on any atom is -0.478 e. The van der Waals surface area contributed by atoms with Gasteiger partial charge in [0.1, 0.15) is 11.5 Å². The lowest BCUT2D eigenvalue weighted by Crippen LogP contribution is -2.14. The van der Waals surface area contributed by atoms with Gasteiger partial charge in [-0.15, -0.1) is 15.0 Å². The van der Waals surface area contributed by atoms with Crippen LogP contribution in [0.3, 0.4) is 0 Å². The Morgan fingerprint density at radius 3 is 2.11 bits per heavy atom. The highest BCUT2D eigenvalue weighted by Crippen LogP contribution is 2.44. The molecule has 0 bridgehead atoms. The molecule has 0 unspecified atom stereocenters. The molecule has 0 saturated heterocycles. The molecule has 3 N–H and O–H groups in total. The van der Waals surface area contributed by atoms with Gasteiger partial charge < -0.3 is 15.3 Å². The lowest BCUT2D eigenvalue weighted by Gasteiger charge is -2.20. The van der Waals surface area contributed by atoms with Gasteiger partial charge in [-0.05, 0) is 64.9 Å². The summed E-state index contributed by atoms with van der Waals surface area (Å²) < 4.78 is 71.7. The zero-order chi connectivity index (χ0) is 32.8. The largest absolute Gasteiger partial charge is 0.478 e. The van der Waals surface area contributed by atoms with Crippen LogP contribution in [0.2, 0.25) is 5.02 Å². The third-order valence-corrected chi connectivity index (χ3v) is 6.65. The molecule has 0 aliphatic rings. The first kappa shape index (κ1) is 30.7. The van der Waals surface area contributed by atoms with Crippen LogP contribution in [-0.4, -0.2) is 53.4 Å². The number of rotatable bonds is 7. The van der Waals surface area contributed by atoms with E-state index in [1.165, 1.54) is 12.1 Å². The van der Waals surface area contributed by atoms with E-state index in [0.29, 0.717) is 23.0 Å². The second kappa shape index (κ2) is 11.4. The molecule has 1 aromatic heterocycles. The minimum atomic E-state index is -5.03. The number of carbonyl (C=O) groups is 3. The monoisotopic (exact) mass is 643 g/mol. The summed E-state index contributed by atoms with van der Waals surface area (Å²) in [5.74, 6) is -7.97. The molecule has 16 heteroatoms. The van der Waals surface area contributed by atoms with Crippen LogP contribution in [0.15, 0.2) is 60.7 Å². The Labute approximate surface area is 252 Å². The summed E-state index contributed by atoms with van der Waals surface area (Å²) in [5, 5.41) is 41.0. The number of tetrazole rings is 1. The number of hydrogen-bond acceptors (Lipinski definition) is 6. The van der Waals surface area contributed by atoms with E-state index in [4.69, 9.17) is 11.6 Å². The number of nitrogens with zero attached hydrogens (tertiary/aromatic N) is 4. The highest BCUT2D eigenvalue weighted by atomic mass is 35.5. The minimum absolute atomic E-state index is 0.0603. The molecule has 0 spiro atoms. The van der Waals surface area contributed by atoms with Crippen molar-refractivity contribution in [3.63, 3.8) is 0 Å². The summed E-state index contributed by atoms with van der Waals surface area (Å²) >= 11 is 6.00. The molecule has 227 valence electrons. The van der Waals surface area contributed by atoms with Crippen LogP contribution in [0.25, 0.3) is 39.3 Å². The maximum Gasteiger partial charge on any atom is 0.416 e. The second-order valence-electron chi connectivity index (χ2n) is 9.19. The zero-order valence-corrected chi connectivity index (χ0v) is 22.7. The van der Waals surface area contributed by atoms with Crippen LogP contribution in [0.1, 0.15) is 36.6 Å². The van der Waals surface area contributed by atoms with Crippen LogP contribution in [0.5, 0.6) is 0 Å². The first-order chi connectivity index (χ1) is 21.2. The van der Waals surface area contributed by atoms with Crippen molar-refractivity contribution < 1.29 is 51.7 Å². The van der Waals surface area contributed by atoms with Gasteiger partial charge in [0.2, 0.25) is 5.82 Å². The maximum absolute atomic E-state index is 15.9. The van der Waals surface area contributed by atoms with Gasteiger partial charge in [-0.3, -0.25) is 0 Å². The number of alkyl halides is 3. The first-order valence-electron chi connectivity index (χ1n) is 12.2. The molecular formula is C29H13ClF5N4O6. The van der Waals surface area contributed by atoms with Crippen molar-refractivity contribution in [2.45, 2.75) is 6.18 Å². The number of aromatic carboxylic acids is 3. The predicted molar refractivity (Wildman–Crippen MR) is 145 cm³/mol. The molecule has 10 nitrogen and oxygen atoms in total. The van der Waals surface area contributed by atoms with Gasteiger partial charge in [0.15, 0.2) is 5.82 Å². The van der Waals surface area contributed by atoms with E-state index in [1.54, 1.807) is 0 Å². The highest BCUT2D eigenvalue weighted by molar-refractivity contribution is 6.31. The molecule has 1 heterocycles. The van der Waals surface area contributed by atoms with Crippen molar-refractivity contribution >= 4 is 29.5 Å². The Morgan fingerprint density at radius 2 is 1.49 bits per heavy atom. The standard InChI is InChI=1S/C29H13ClF5N4O6/c30-14-5-7-17(27(42)43)19(10-14)25-36-38-39(37-25)24-21(32)11-20(28(44)45)23(22(24)12-2-1-3-15(31)8-12)18-9-13(29(33,34)35)4-6-16(18)26(40)41/h1-10H,(H,40,41)(H,42,43)(H,44,45). The number of carboxylic acid groups (broad SMARTS) is 3. The molecule has 0 saturated carbocycles. The lowest BCUT2D eigenvalue weighted by molar-refractivity contribution is -0.137. The quantitative estimate of drug-likeness (QED) is 0.168. The third kappa shape index (κ3) is 5.80. The van der Waals surface area contributed by atoms with Crippen LogP contribution in [0, 0.1) is 17.7 Å². The topological polar surface area (TPSA) is 155 Å². The fourth-order valence-corrected chi connectivity index (χ4v) is 4.72. The second-order valence-corrected chi connectivity index (χ2v) is 9.63. The normalized spacial score (nSPS) is 11.4. The van der Waals surface area contributed by atoms with Gasteiger partial charge in [-0.1, -0.05) is 23.7 Å². The Kier molecular flexibility index (Phi) is 7.81. The fourth-order valence-electron chi connectivity index (χ4n) is 4.55. The van der Waals surface area contributed by atoms with E-state index in [2.05, 4.69) is 15.4 Å². The molecule has 1 radical (unpaired) electrons. The van der Waals surface area contributed by atoms with E-state index < -0.39 is 80.6 Å². The number of halogens is 6. The van der Waals surface area contributed by atoms with Gasteiger partial charge in [-0.25, -0.2) is 23.2 Å². The predicted octanol–water partition coefficient (Wildman–Crippen LogP) is 6.51. The van der Waals surface area contributed by atoms with Crippen molar-refractivity contribution in [2.24, 2.45) is 0 Å². The lowest BCUT2D eigenvalue weighted by atomic mass is 9.85. The molecule has 0 amide bonds. The number of aromatic nitrogens is 4. The van der Waals surface area contributed by atoms with Crippen molar-refractivity contribution in [1.82, 2.24) is 20.2 Å². The third-order valence-electron chi connectivity index (χ3n) is 6.42. The molecule has 0 aliphatic carbocycles. The van der Waals surface area contributed by atoms with Gasteiger partial charge in [0, 0.05) is 27.8 Å². The Hall–Kier alpha value is -5.70. The van der Waals surface area contributed by atoms with E-state index in [1.807, 2.05) is 6.07 Å². The highest BCUT2D eigenvalue weighted by Gasteiger charge is 2.35. The molecule has 0 aliphatic heterocycles. The molecular weight excluding hydrogens is 631 g/mol. The summed E-state index contributed by atoms with van der Waals surface area (Å²) in [7, 11) is 0. The van der Waals surface area contributed by atoms with Crippen LogP contribution >= 0.6 is 11.6 Å². The molecule has 5 rings (SSSR count). The van der Waals surface area contributed by atoms with E-state index in [9.17, 15) is 47.3 Å². The van der Waals surface area contributed by atoms with Crippen LogP contribution in [0.4, 0.5) is 22.0 Å². The van der Waals surface area contributed by atoms with Crippen LogP contribution < -0.4 is 0 Å². The molecule has 45 heavy (non-hydrogen) atoms. The first-order valence-corrected chi connectivity index (χ1v) is 12.6. The van der Waals surface area contributed by atoms with Gasteiger partial charge >= 0.3 is 24.1 Å². The van der Waals surface area contributed by atoms with Gasteiger partial charge in [0.25, 0.3) is 0 Å². The Bertz CT molecular complexity index is 2050. The van der Waals surface area contributed by atoms with Crippen molar-refractivity contribution in [1.29, 1.82) is 0 Å². The summed E-state index contributed by atoms with van der Waals surface area (Å²) in [6.07, 6.45) is -5.03. The van der Waals surface area contributed by atoms with Crippen LogP contribution in [-0.2, 0) is 6.18 Å². The summed E-state index contributed by atoms with van der Waals surface area (Å²) in [6, 6.07) is 10.9. The van der Waals surface area contributed by atoms with E-state index in [0.717, 1.165) is 30.3 Å². The summed E-state index contributed by atoms with van der Waals surface area (Å²) in [6.45, 7) is 0. The molecule has 4 aromatic carbocycles. The number of benzene rings is 4. The molecule has 0 atom stereocenters. The van der Waals surface area contributed by atoms with Crippen molar-refractivity contribution in [2.75, 3.05) is 0 Å². The summed E-state index contributed by atoms with van der Waals surface area (Å²) in [5.41, 5.74) is -7.21. The van der Waals surface area contributed by atoms with Gasteiger partial charge in [0.05, 0.1) is 22.3 Å². The Balaban J connectivity index is 1.93. The smallest absolute Gasteiger partial charge is 0.416 e. The SMILES string of the molecule is O=C(O)c1[c]c(F)c(-n2nnc(-c3cc(Cl)ccc3C(=O)O)n2)c(-c2cccc(F)c2)c1-c1cc(C(F)(F)F)ccc1C(=O)O. The average molecular weight is 644 g/mol. The number of carboxylic acids is 3. The van der Waals surface area contributed by atoms with E-state index >= 15 is 4.39 Å². The summed E-state index contributed by atoms with van der Waals surface area (Å²) in [4.78, 5) is 36.8. The Morgan fingerprint density at radius 1 is 0.822 bits per heavy atom. The van der Waals surface area contributed by atoms with Crippen molar-refractivity contribution in [3.05, 3.63) is 106 Å². The van der Waals surface area contributed by atoms with E-state index in [-0.39, 0.29) is 21.7 Å². The molecule has 5 aromatic rings. The average Bonchev–Trinajstić information content (AvgIpc) is 3.45. The van der Waals surface area contributed by atoms with Gasteiger partial charge in [-0.2, -0.15) is 13.2 Å².